The van der Waals surface area contributed by atoms with Crippen LogP contribution < -0.4 is 0 Å². The zero-order valence-corrected chi connectivity index (χ0v) is 26.2. The number of aliphatic hydroxyl groups is 1. The second-order valence-electron chi connectivity index (χ2n) is 10.3. The number of ether oxygens (including phenoxy) is 2. The third-order valence-corrected chi connectivity index (χ3v) is 6.74. The zero-order chi connectivity index (χ0) is 30.6. The van der Waals surface area contributed by atoms with Crippen molar-refractivity contribution in [3.8, 4) is 0 Å². The van der Waals surface area contributed by atoms with Crippen LogP contribution in [0.15, 0.2) is 36.5 Å². The summed E-state index contributed by atoms with van der Waals surface area (Å²) in [5, 5.41) is 9.79. The first kappa shape index (κ1) is 39.2. The Hall–Kier alpha value is -1.77. The number of rotatable bonds is 27. The minimum atomic E-state index is -4.75. The van der Waals surface area contributed by atoms with Crippen molar-refractivity contribution in [2.45, 2.75) is 135 Å². The summed E-state index contributed by atoms with van der Waals surface area (Å²) in [5.41, 5.74) is 0. The van der Waals surface area contributed by atoms with Gasteiger partial charge in [0, 0.05) is 12.8 Å². The van der Waals surface area contributed by atoms with Crippen LogP contribution in [0.2, 0.25) is 0 Å². The van der Waals surface area contributed by atoms with Gasteiger partial charge in [0.05, 0.1) is 12.7 Å². The topological polar surface area (TPSA) is 140 Å². The Labute approximate surface area is 247 Å². The molecule has 0 bridgehead atoms. The number of carbonyl (C=O) groups excluding carboxylic acids is 2. The van der Waals surface area contributed by atoms with Crippen LogP contribution in [0.25, 0.3) is 0 Å². The van der Waals surface area contributed by atoms with Gasteiger partial charge in [0.1, 0.15) is 6.61 Å². The van der Waals surface area contributed by atoms with Gasteiger partial charge in [-0.2, -0.15) is 0 Å². The standard InChI is InChI=1S/C31H55O9P/c1-3-5-7-8-12-17-21-25-31(34)40-29(27-39-41(35,36)37)26-38-30(33)24-20-16-14-11-9-10-13-15-19-23-28(32)22-18-6-4-2/h6,13,15,18-19,23,28-29,32H,3-5,7-12,14,16-17,20-22,24-27H2,1-2H3,(H2,35,36,37)/b15-13+,18-6+,23-19+/t28?,29-/m1/s1. The maximum atomic E-state index is 12.2. The predicted molar refractivity (Wildman–Crippen MR) is 162 cm³/mol. The number of phosphoric acid groups is 1. The molecule has 9 nitrogen and oxygen atoms in total. The number of unbranched alkanes of at least 4 members (excludes halogenated alkanes) is 11. The Bertz CT molecular complexity index is 788. The third-order valence-electron chi connectivity index (χ3n) is 6.25. The molecule has 10 heteroatoms. The van der Waals surface area contributed by atoms with Crippen molar-refractivity contribution in [2.75, 3.05) is 13.2 Å². The quantitative estimate of drug-likeness (QED) is 0.0291. The molecule has 0 spiro atoms. The van der Waals surface area contributed by atoms with E-state index in [2.05, 4.69) is 24.4 Å². The van der Waals surface area contributed by atoms with Gasteiger partial charge < -0.3 is 24.4 Å². The van der Waals surface area contributed by atoms with E-state index in [1.807, 2.05) is 24.3 Å². The highest BCUT2D eigenvalue weighted by Crippen LogP contribution is 2.35. The van der Waals surface area contributed by atoms with Crippen LogP contribution in [0.5, 0.6) is 0 Å². The first-order valence-electron chi connectivity index (χ1n) is 15.4. The maximum Gasteiger partial charge on any atom is 0.469 e. The molecule has 0 aliphatic heterocycles. The molecular formula is C31H55O9P. The molecule has 0 aromatic rings. The third kappa shape index (κ3) is 29.5. The number of aliphatic hydroxyl groups excluding tert-OH is 1. The zero-order valence-electron chi connectivity index (χ0n) is 25.3. The highest BCUT2D eigenvalue weighted by atomic mass is 31.2. The summed E-state index contributed by atoms with van der Waals surface area (Å²) < 4.78 is 26.0. The van der Waals surface area contributed by atoms with Crippen LogP contribution in [0.4, 0.5) is 0 Å². The Balaban J connectivity index is 4.09. The van der Waals surface area contributed by atoms with Crippen molar-refractivity contribution in [2.24, 2.45) is 0 Å². The van der Waals surface area contributed by atoms with Crippen LogP contribution in [-0.4, -0.2) is 52.3 Å². The summed E-state index contributed by atoms with van der Waals surface area (Å²) in [7, 11) is -4.75. The van der Waals surface area contributed by atoms with E-state index in [1.54, 1.807) is 6.08 Å². The van der Waals surface area contributed by atoms with Crippen LogP contribution in [-0.2, 0) is 28.2 Å². The van der Waals surface area contributed by atoms with Crippen LogP contribution >= 0.6 is 7.82 Å². The van der Waals surface area contributed by atoms with Crippen molar-refractivity contribution in [1.29, 1.82) is 0 Å². The van der Waals surface area contributed by atoms with E-state index < -0.39 is 38.6 Å². The average Bonchev–Trinajstić information content (AvgIpc) is 2.92. The predicted octanol–water partition coefficient (Wildman–Crippen LogP) is 7.25. The van der Waals surface area contributed by atoms with Gasteiger partial charge in [-0.15, -0.1) is 0 Å². The summed E-state index contributed by atoms with van der Waals surface area (Å²) in [4.78, 5) is 42.2. The molecule has 0 aromatic carbocycles. The second kappa shape index (κ2) is 27.1. The van der Waals surface area contributed by atoms with E-state index >= 15 is 0 Å². The van der Waals surface area contributed by atoms with E-state index in [4.69, 9.17) is 19.3 Å². The summed E-state index contributed by atoms with van der Waals surface area (Å²) in [5.74, 6) is -0.950. The summed E-state index contributed by atoms with van der Waals surface area (Å²) in [6.07, 6.45) is 25.1. The maximum absolute atomic E-state index is 12.2. The molecule has 0 aliphatic carbocycles. The number of hydrogen-bond donors (Lipinski definition) is 3. The summed E-state index contributed by atoms with van der Waals surface area (Å²) >= 11 is 0. The van der Waals surface area contributed by atoms with E-state index in [-0.39, 0.29) is 19.4 Å². The van der Waals surface area contributed by atoms with Crippen molar-refractivity contribution < 1.29 is 43.0 Å². The van der Waals surface area contributed by atoms with Gasteiger partial charge in [-0.1, -0.05) is 108 Å². The second-order valence-corrected chi connectivity index (χ2v) is 11.5. The lowest BCUT2D eigenvalue weighted by Crippen LogP contribution is -2.29. The molecule has 0 saturated heterocycles. The number of hydrogen-bond acceptors (Lipinski definition) is 7. The highest BCUT2D eigenvalue weighted by Gasteiger charge is 2.22. The Kier molecular flexibility index (Phi) is 25.9. The van der Waals surface area contributed by atoms with Crippen LogP contribution in [0.3, 0.4) is 0 Å². The van der Waals surface area contributed by atoms with Gasteiger partial charge >= 0.3 is 19.8 Å². The molecule has 0 amide bonds. The van der Waals surface area contributed by atoms with Gasteiger partial charge in [-0.05, 0) is 38.5 Å². The molecule has 0 heterocycles. The average molecular weight is 603 g/mol. The van der Waals surface area contributed by atoms with E-state index in [9.17, 15) is 19.3 Å². The van der Waals surface area contributed by atoms with Crippen molar-refractivity contribution in [1.82, 2.24) is 0 Å². The Morgan fingerprint density at radius 1 is 0.756 bits per heavy atom. The smallest absolute Gasteiger partial charge is 0.462 e. The Morgan fingerprint density at radius 3 is 2.00 bits per heavy atom. The van der Waals surface area contributed by atoms with Gasteiger partial charge in [-0.25, -0.2) is 4.57 Å². The molecule has 238 valence electrons. The van der Waals surface area contributed by atoms with Crippen LogP contribution in [0, 0.1) is 0 Å². The van der Waals surface area contributed by atoms with Gasteiger partial charge in [0.2, 0.25) is 0 Å². The molecule has 0 rings (SSSR count). The highest BCUT2D eigenvalue weighted by molar-refractivity contribution is 7.46. The molecule has 2 atom stereocenters. The lowest BCUT2D eigenvalue weighted by Gasteiger charge is -2.18. The number of esters is 2. The van der Waals surface area contributed by atoms with Gasteiger partial charge in [0.25, 0.3) is 0 Å². The number of carbonyl (C=O) groups is 2. The molecule has 41 heavy (non-hydrogen) atoms. The van der Waals surface area contributed by atoms with Crippen molar-refractivity contribution in [3.05, 3.63) is 36.5 Å². The summed E-state index contributed by atoms with van der Waals surface area (Å²) in [6, 6.07) is 0. The van der Waals surface area contributed by atoms with Crippen molar-refractivity contribution in [3.63, 3.8) is 0 Å². The van der Waals surface area contributed by atoms with E-state index in [0.29, 0.717) is 19.3 Å². The largest absolute Gasteiger partial charge is 0.469 e. The fourth-order valence-electron chi connectivity index (χ4n) is 3.94. The molecule has 0 saturated carbocycles. The monoisotopic (exact) mass is 602 g/mol. The van der Waals surface area contributed by atoms with Crippen molar-refractivity contribution >= 4 is 19.8 Å². The molecule has 0 aromatic heterocycles. The molecular weight excluding hydrogens is 547 g/mol. The molecule has 0 fully saturated rings. The Morgan fingerprint density at radius 2 is 1.37 bits per heavy atom. The fourth-order valence-corrected chi connectivity index (χ4v) is 4.30. The first-order valence-corrected chi connectivity index (χ1v) is 16.9. The normalized spacial score (nSPS) is 13.8. The number of allylic oxidation sites excluding steroid dienone is 4. The lowest BCUT2D eigenvalue weighted by atomic mass is 10.1. The first-order chi connectivity index (χ1) is 19.7. The van der Waals surface area contributed by atoms with Crippen LogP contribution in [0.1, 0.15) is 123 Å². The molecule has 0 aliphatic rings. The summed E-state index contributed by atoms with van der Waals surface area (Å²) in [6.45, 7) is 3.35. The molecule has 0 radical (unpaired) electrons. The van der Waals surface area contributed by atoms with Gasteiger partial charge in [0.15, 0.2) is 6.10 Å². The van der Waals surface area contributed by atoms with E-state index in [1.165, 1.54) is 19.3 Å². The minimum Gasteiger partial charge on any atom is -0.462 e. The lowest BCUT2D eigenvalue weighted by molar-refractivity contribution is -0.161. The number of phosphoric ester groups is 1. The SMILES string of the molecule is CC/C=C/CC(O)/C=C/C=C/CCCCCCCC(=O)OC[C@H](COP(=O)(O)O)OC(=O)CCCCCCCCC. The van der Waals surface area contributed by atoms with E-state index in [0.717, 1.165) is 57.8 Å². The fraction of sp³-hybridized carbons (Fsp3) is 0.742. The van der Waals surface area contributed by atoms with Gasteiger partial charge in [-0.3, -0.25) is 14.1 Å². The molecule has 1 unspecified atom stereocenters. The minimum absolute atomic E-state index is 0.195. The molecule has 3 N–H and O–H groups in total.